The number of benzene rings is 4. The van der Waals surface area contributed by atoms with E-state index in [-0.39, 0.29) is 22.4 Å². The molecule has 2 aliphatic heterocycles. The second-order valence-corrected chi connectivity index (χ2v) is 13.5. The van der Waals surface area contributed by atoms with Gasteiger partial charge in [0.25, 0.3) is 0 Å². The summed E-state index contributed by atoms with van der Waals surface area (Å²) in [4.78, 5) is 16.2. The van der Waals surface area contributed by atoms with Crippen molar-refractivity contribution < 1.29 is 14.5 Å². The highest BCUT2D eigenvalue weighted by Crippen LogP contribution is 2.52. The third-order valence-electron chi connectivity index (χ3n) is 9.96. The summed E-state index contributed by atoms with van der Waals surface area (Å²) >= 11 is 0. The van der Waals surface area contributed by atoms with E-state index in [1.807, 2.05) is 12.2 Å². The Morgan fingerprint density at radius 2 is 1.41 bits per heavy atom. The highest BCUT2D eigenvalue weighted by atomic mass is 16.3. The lowest BCUT2D eigenvalue weighted by atomic mass is 9.76. The minimum absolute atomic E-state index is 0.0936. The van der Waals surface area contributed by atoms with Gasteiger partial charge in [-0.15, -0.1) is 0 Å². The van der Waals surface area contributed by atoms with Crippen LogP contribution in [0.15, 0.2) is 108 Å². The first-order chi connectivity index (χ1) is 21.1. The van der Waals surface area contributed by atoms with E-state index < -0.39 is 0 Å². The summed E-state index contributed by atoms with van der Waals surface area (Å²) in [7, 11) is 0. The molecule has 44 heavy (non-hydrogen) atoms. The maximum Gasteiger partial charge on any atom is 0.210 e. The number of carbonyl (C=O) groups excluding carboxylic acids is 1. The largest absolute Gasteiger partial charge is 0.506 e. The van der Waals surface area contributed by atoms with Gasteiger partial charge in [-0.2, -0.15) is 4.58 Å². The average molecular weight is 582 g/mol. The Morgan fingerprint density at radius 3 is 2.05 bits per heavy atom. The van der Waals surface area contributed by atoms with Crippen molar-refractivity contribution in [3.63, 3.8) is 0 Å². The van der Waals surface area contributed by atoms with E-state index >= 15 is 0 Å². The first kappa shape index (κ1) is 28.3. The third kappa shape index (κ3) is 3.89. The standard InChI is InChI=1S/C40H40N2O2/c1-7-21-41-31-19-17-25-13-9-11-15-27(25)35(31)39(3,4)33(41)23-29-37(43)30(38(29)44)24-34-40(5,6)36-28-16-12-10-14-26(28)18-20-32(36)42(34)22-8-2/h9-20,23-24H,7-8,21-22H2,1-6H3/p+1. The molecule has 4 nitrogen and oxygen atoms in total. The van der Waals surface area contributed by atoms with Crippen molar-refractivity contribution in [2.75, 3.05) is 18.0 Å². The summed E-state index contributed by atoms with van der Waals surface area (Å²) in [5.74, 6) is -0.000231. The zero-order valence-electron chi connectivity index (χ0n) is 26.7. The molecule has 0 bridgehead atoms. The summed E-state index contributed by atoms with van der Waals surface area (Å²) in [6.45, 7) is 15.0. The Kier molecular flexibility index (Phi) is 6.47. The fourth-order valence-corrected chi connectivity index (χ4v) is 7.90. The van der Waals surface area contributed by atoms with Gasteiger partial charge in [-0.1, -0.05) is 82.3 Å². The van der Waals surface area contributed by atoms with Gasteiger partial charge in [0.1, 0.15) is 12.3 Å². The Morgan fingerprint density at radius 1 is 0.773 bits per heavy atom. The first-order valence-electron chi connectivity index (χ1n) is 16.0. The highest BCUT2D eigenvalue weighted by Gasteiger charge is 2.48. The minimum Gasteiger partial charge on any atom is -0.506 e. The van der Waals surface area contributed by atoms with E-state index in [2.05, 4.69) is 124 Å². The van der Waals surface area contributed by atoms with Crippen LogP contribution in [0.25, 0.3) is 21.5 Å². The number of allylic oxidation sites excluding steroid dienone is 5. The number of hydrogen-bond acceptors (Lipinski definition) is 3. The number of aliphatic hydroxyl groups excluding tert-OH is 1. The molecule has 0 atom stereocenters. The predicted octanol–water partition coefficient (Wildman–Crippen LogP) is 9.19. The maximum atomic E-state index is 13.9. The third-order valence-corrected chi connectivity index (χ3v) is 9.96. The quantitative estimate of drug-likeness (QED) is 0.182. The molecule has 1 N–H and O–H groups in total. The van der Waals surface area contributed by atoms with Crippen molar-refractivity contribution in [2.45, 2.75) is 65.2 Å². The van der Waals surface area contributed by atoms with Gasteiger partial charge in [0, 0.05) is 47.5 Å². The van der Waals surface area contributed by atoms with Gasteiger partial charge in [-0.3, -0.25) is 4.79 Å². The van der Waals surface area contributed by atoms with Crippen LogP contribution in [0.5, 0.6) is 0 Å². The zero-order valence-corrected chi connectivity index (χ0v) is 26.7. The number of anilines is 1. The maximum absolute atomic E-state index is 13.9. The molecule has 0 amide bonds. The monoisotopic (exact) mass is 581 g/mol. The molecule has 0 unspecified atom stereocenters. The Balaban J connectivity index is 1.34. The second-order valence-electron chi connectivity index (χ2n) is 13.5. The lowest BCUT2D eigenvalue weighted by Crippen LogP contribution is -2.32. The number of nitrogens with zero attached hydrogens (tertiary/aromatic N) is 2. The van der Waals surface area contributed by atoms with Gasteiger partial charge < -0.3 is 10.0 Å². The molecule has 0 saturated carbocycles. The molecule has 2 heterocycles. The van der Waals surface area contributed by atoms with E-state index in [1.165, 1.54) is 44.0 Å². The van der Waals surface area contributed by atoms with Crippen LogP contribution < -0.4 is 4.90 Å². The fourth-order valence-electron chi connectivity index (χ4n) is 7.90. The predicted molar refractivity (Wildman–Crippen MR) is 182 cm³/mol. The van der Waals surface area contributed by atoms with Crippen molar-refractivity contribution in [1.82, 2.24) is 0 Å². The smallest absolute Gasteiger partial charge is 0.210 e. The number of hydrogen-bond donors (Lipinski definition) is 1. The number of aliphatic hydroxyl groups is 1. The molecule has 3 aliphatic rings. The van der Waals surface area contributed by atoms with E-state index in [4.69, 9.17) is 0 Å². The van der Waals surface area contributed by atoms with Gasteiger partial charge in [0.05, 0.1) is 16.6 Å². The molecular formula is C40H41N2O2+. The Bertz CT molecular complexity index is 2020. The van der Waals surface area contributed by atoms with Crippen LogP contribution in [0.4, 0.5) is 11.4 Å². The van der Waals surface area contributed by atoms with Gasteiger partial charge in [-0.05, 0) is 65.6 Å². The van der Waals surface area contributed by atoms with Crippen LogP contribution in [0, 0.1) is 0 Å². The van der Waals surface area contributed by atoms with Crippen molar-refractivity contribution in [2.24, 2.45) is 0 Å². The number of ketones is 1. The van der Waals surface area contributed by atoms with Crippen molar-refractivity contribution in [3.8, 4) is 0 Å². The number of fused-ring (bicyclic) bond motifs is 6. The van der Waals surface area contributed by atoms with Crippen LogP contribution in [-0.4, -0.2) is 34.3 Å². The molecule has 4 heteroatoms. The van der Waals surface area contributed by atoms with E-state index in [1.54, 1.807) is 0 Å². The molecule has 222 valence electrons. The number of carbonyl (C=O) groups is 1. The van der Waals surface area contributed by atoms with Crippen LogP contribution in [0.1, 0.15) is 65.5 Å². The summed E-state index contributed by atoms with van der Waals surface area (Å²) in [6.07, 6.45) is 5.85. The van der Waals surface area contributed by atoms with Crippen LogP contribution in [0.2, 0.25) is 0 Å². The van der Waals surface area contributed by atoms with E-state index in [9.17, 15) is 9.90 Å². The van der Waals surface area contributed by atoms with E-state index in [0.717, 1.165) is 37.3 Å². The summed E-state index contributed by atoms with van der Waals surface area (Å²) in [6, 6.07) is 25.8. The Hall–Kier alpha value is -4.44. The van der Waals surface area contributed by atoms with Crippen molar-refractivity contribution >= 4 is 44.4 Å². The first-order valence-corrected chi connectivity index (χ1v) is 16.0. The summed E-state index contributed by atoms with van der Waals surface area (Å²) < 4.78 is 2.34. The van der Waals surface area contributed by atoms with Crippen molar-refractivity contribution in [3.05, 3.63) is 119 Å². The molecule has 7 rings (SSSR count). The minimum atomic E-state index is -0.332. The van der Waals surface area contributed by atoms with Crippen molar-refractivity contribution in [1.29, 1.82) is 0 Å². The average Bonchev–Trinajstić information content (AvgIpc) is 3.37. The lowest BCUT2D eigenvalue weighted by Gasteiger charge is -2.29. The number of rotatable bonds is 6. The molecule has 4 aromatic carbocycles. The number of Topliss-reactive ketones (excluding diaryl/α,β-unsaturated/α-hetero) is 1. The second kappa shape index (κ2) is 10.1. The highest BCUT2D eigenvalue weighted by molar-refractivity contribution is 6.24. The topological polar surface area (TPSA) is 43.5 Å². The molecule has 0 radical (unpaired) electrons. The SMILES string of the molecule is CCCN1/C(=C\C2=C(O)C(=C/C3=[N+](CCC)c4ccc5ccccc5c4C3(C)C)/C2=O)C(C)(C)c2c1ccc1ccccc21. The fraction of sp³-hybridized carbons (Fsp3) is 0.300. The molecular weight excluding hydrogens is 540 g/mol. The van der Waals surface area contributed by atoms with Gasteiger partial charge in [0.2, 0.25) is 11.5 Å². The molecule has 0 saturated heterocycles. The van der Waals surface area contributed by atoms with Gasteiger partial charge in [0.15, 0.2) is 5.71 Å². The van der Waals surface area contributed by atoms with Gasteiger partial charge >= 0.3 is 0 Å². The molecule has 1 aliphatic carbocycles. The zero-order chi connectivity index (χ0) is 31.0. The molecule has 0 spiro atoms. The Labute approximate surface area is 260 Å². The summed E-state index contributed by atoms with van der Waals surface area (Å²) in [5.41, 5.74) is 7.18. The van der Waals surface area contributed by atoms with Crippen LogP contribution in [-0.2, 0) is 15.6 Å². The van der Waals surface area contributed by atoms with E-state index in [0.29, 0.717) is 11.1 Å². The normalized spacial score (nSPS) is 20.3. The molecule has 0 aromatic heterocycles. The molecule has 0 fully saturated rings. The van der Waals surface area contributed by atoms with Crippen LogP contribution in [0.3, 0.4) is 0 Å². The van der Waals surface area contributed by atoms with Gasteiger partial charge in [-0.25, -0.2) is 0 Å². The lowest BCUT2D eigenvalue weighted by molar-refractivity contribution is -0.437. The molecule has 4 aromatic rings. The van der Waals surface area contributed by atoms with Crippen LogP contribution >= 0.6 is 0 Å². The summed E-state index contributed by atoms with van der Waals surface area (Å²) in [5, 5.41) is 16.4.